The Labute approximate surface area is 105 Å². The van der Waals surface area contributed by atoms with E-state index >= 15 is 0 Å². The van der Waals surface area contributed by atoms with E-state index in [9.17, 15) is 4.79 Å². The molecule has 2 rings (SSSR count). The first-order valence-corrected chi connectivity index (χ1v) is 5.70. The number of hydrogen-bond donors (Lipinski definition) is 2. The number of rotatable bonds is 5. The molecule has 0 radical (unpaired) electrons. The molecule has 0 bridgehead atoms. The molecule has 0 amide bonds. The predicted molar refractivity (Wildman–Crippen MR) is 66.5 cm³/mol. The number of esters is 1. The fourth-order valence-corrected chi connectivity index (χ4v) is 1.54. The van der Waals surface area contributed by atoms with E-state index in [1.54, 1.807) is 12.4 Å². The van der Waals surface area contributed by atoms with Gasteiger partial charge in [-0.15, -0.1) is 0 Å². The van der Waals surface area contributed by atoms with E-state index in [2.05, 4.69) is 9.97 Å². The maximum absolute atomic E-state index is 11.7. The second-order valence-electron chi connectivity index (χ2n) is 3.94. The van der Waals surface area contributed by atoms with Crippen LogP contribution in [0.3, 0.4) is 0 Å². The molecule has 18 heavy (non-hydrogen) atoms. The van der Waals surface area contributed by atoms with Gasteiger partial charge in [0.25, 0.3) is 0 Å². The molecule has 2 aromatic rings. The highest BCUT2D eigenvalue weighted by molar-refractivity contribution is 5.75. The Kier molecular flexibility index (Phi) is 4.09. The van der Waals surface area contributed by atoms with E-state index in [-0.39, 0.29) is 6.61 Å². The summed E-state index contributed by atoms with van der Waals surface area (Å²) in [5, 5.41) is 0. The first kappa shape index (κ1) is 12.3. The molecule has 0 aliphatic heterocycles. The van der Waals surface area contributed by atoms with Crippen molar-refractivity contribution in [2.45, 2.75) is 19.1 Å². The normalized spacial score (nSPS) is 12.1. The quantitative estimate of drug-likeness (QED) is 0.771. The molecule has 5 heteroatoms. The number of carbonyl (C=O) groups excluding carboxylic acids is 1. The van der Waals surface area contributed by atoms with Crippen LogP contribution in [0.4, 0.5) is 0 Å². The lowest BCUT2D eigenvalue weighted by molar-refractivity contribution is -0.146. The molecule has 0 saturated heterocycles. The third-order valence-electron chi connectivity index (χ3n) is 2.49. The van der Waals surface area contributed by atoms with Gasteiger partial charge in [0, 0.05) is 18.8 Å². The van der Waals surface area contributed by atoms with Gasteiger partial charge in [0.15, 0.2) is 0 Å². The second-order valence-corrected chi connectivity index (χ2v) is 3.94. The summed E-state index contributed by atoms with van der Waals surface area (Å²) >= 11 is 0. The van der Waals surface area contributed by atoms with Crippen molar-refractivity contribution in [3.8, 4) is 0 Å². The van der Waals surface area contributed by atoms with E-state index in [1.165, 1.54) is 0 Å². The molecule has 1 unspecified atom stereocenters. The number of carbonyl (C=O) groups is 1. The summed E-state index contributed by atoms with van der Waals surface area (Å²) < 4.78 is 5.13. The molecule has 1 aromatic heterocycles. The zero-order valence-corrected chi connectivity index (χ0v) is 9.87. The fourth-order valence-electron chi connectivity index (χ4n) is 1.54. The number of ether oxygens (including phenoxy) is 1. The molecule has 0 spiro atoms. The molecule has 5 nitrogen and oxygen atoms in total. The van der Waals surface area contributed by atoms with Crippen molar-refractivity contribution in [3.63, 3.8) is 0 Å². The average molecular weight is 245 g/mol. The minimum atomic E-state index is -0.695. The predicted octanol–water partition coefficient (Wildman–Crippen LogP) is 1.02. The third-order valence-corrected chi connectivity index (χ3v) is 2.49. The molecule has 0 saturated carbocycles. The van der Waals surface area contributed by atoms with E-state index in [1.807, 2.05) is 30.3 Å². The van der Waals surface area contributed by atoms with Crippen molar-refractivity contribution in [1.82, 2.24) is 9.97 Å². The van der Waals surface area contributed by atoms with Gasteiger partial charge in [0.1, 0.15) is 18.5 Å². The largest absolute Gasteiger partial charge is 0.460 e. The van der Waals surface area contributed by atoms with Gasteiger partial charge < -0.3 is 15.5 Å². The topological polar surface area (TPSA) is 81.0 Å². The Morgan fingerprint density at radius 3 is 2.83 bits per heavy atom. The minimum Gasteiger partial charge on any atom is -0.460 e. The van der Waals surface area contributed by atoms with E-state index in [0.717, 1.165) is 5.56 Å². The number of aromatic nitrogens is 2. The zero-order chi connectivity index (χ0) is 12.8. The molecule has 0 fully saturated rings. The van der Waals surface area contributed by atoms with Gasteiger partial charge in [-0.3, -0.25) is 4.79 Å². The first-order valence-electron chi connectivity index (χ1n) is 5.70. The van der Waals surface area contributed by atoms with E-state index in [0.29, 0.717) is 12.2 Å². The van der Waals surface area contributed by atoms with Crippen LogP contribution in [-0.4, -0.2) is 22.0 Å². The van der Waals surface area contributed by atoms with Crippen molar-refractivity contribution < 1.29 is 9.53 Å². The lowest BCUT2D eigenvalue weighted by Gasteiger charge is -2.10. The van der Waals surface area contributed by atoms with Crippen molar-refractivity contribution in [2.75, 3.05) is 0 Å². The van der Waals surface area contributed by atoms with Gasteiger partial charge in [0.2, 0.25) is 0 Å². The molecule has 0 aliphatic rings. The van der Waals surface area contributed by atoms with Gasteiger partial charge >= 0.3 is 5.97 Å². The standard InChI is InChI=1S/C13H15N3O2/c14-11(8-12-15-6-7-16-12)13(17)18-9-10-4-2-1-3-5-10/h1-7,11H,8-9,14H2,(H,15,16). The number of benzene rings is 1. The first-order chi connectivity index (χ1) is 8.75. The summed E-state index contributed by atoms with van der Waals surface area (Å²) in [6, 6.07) is 8.79. The van der Waals surface area contributed by atoms with Crippen LogP contribution in [0, 0.1) is 0 Å². The summed E-state index contributed by atoms with van der Waals surface area (Å²) in [6.07, 6.45) is 3.66. The maximum Gasteiger partial charge on any atom is 0.323 e. The Morgan fingerprint density at radius 2 is 2.17 bits per heavy atom. The van der Waals surface area contributed by atoms with E-state index in [4.69, 9.17) is 10.5 Å². The third kappa shape index (κ3) is 3.43. The van der Waals surface area contributed by atoms with E-state index < -0.39 is 12.0 Å². The number of nitrogens with one attached hydrogen (secondary N) is 1. The van der Waals surface area contributed by atoms with Crippen LogP contribution >= 0.6 is 0 Å². The molecular weight excluding hydrogens is 230 g/mol. The van der Waals surface area contributed by atoms with Gasteiger partial charge in [-0.25, -0.2) is 4.98 Å². The number of aromatic amines is 1. The van der Waals surface area contributed by atoms with Gasteiger partial charge in [0.05, 0.1) is 0 Å². The van der Waals surface area contributed by atoms with Crippen LogP contribution in [0.15, 0.2) is 42.7 Å². The average Bonchev–Trinajstić information content (AvgIpc) is 2.90. The summed E-state index contributed by atoms with van der Waals surface area (Å²) in [4.78, 5) is 18.6. The monoisotopic (exact) mass is 245 g/mol. The van der Waals surface area contributed by atoms with Crippen molar-refractivity contribution in [3.05, 3.63) is 54.1 Å². The highest BCUT2D eigenvalue weighted by Crippen LogP contribution is 2.03. The molecule has 94 valence electrons. The Morgan fingerprint density at radius 1 is 1.39 bits per heavy atom. The van der Waals surface area contributed by atoms with Crippen molar-refractivity contribution in [2.24, 2.45) is 5.73 Å². The smallest absolute Gasteiger partial charge is 0.323 e. The molecule has 1 atom stereocenters. The van der Waals surface area contributed by atoms with Gasteiger partial charge in [-0.1, -0.05) is 30.3 Å². The number of H-pyrrole nitrogens is 1. The molecule has 3 N–H and O–H groups in total. The zero-order valence-electron chi connectivity index (χ0n) is 9.87. The summed E-state index contributed by atoms with van der Waals surface area (Å²) in [7, 11) is 0. The van der Waals surface area contributed by atoms with Crippen LogP contribution in [0.25, 0.3) is 0 Å². The SMILES string of the molecule is NC(Cc1ncc[nH]1)C(=O)OCc1ccccc1. The van der Waals surface area contributed by atoms with Crippen LogP contribution in [0.1, 0.15) is 11.4 Å². The molecule has 1 heterocycles. The maximum atomic E-state index is 11.7. The fraction of sp³-hybridized carbons (Fsp3) is 0.231. The highest BCUT2D eigenvalue weighted by Gasteiger charge is 2.16. The minimum absolute atomic E-state index is 0.242. The highest BCUT2D eigenvalue weighted by atomic mass is 16.5. The van der Waals surface area contributed by atoms with Crippen LogP contribution < -0.4 is 5.73 Å². The number of nitrogens with two attached hydrogens (primary N) is 1. The Bertz CT molecular complexity index is 482. The number of imidazole rings is 1. The van der Waals surface area contributed by atoms with Gasteiger partial charge in [-0.2, -0.15) is 0 Å². The summed E-state index contributed by atoms with van der Waals surface area (Å²) in [6.45, 7) is 0.242. The Hall–Kier alpha value is -2.14. The van der Waals surface area contributed by atoms with Crippen LogP contribution in [0.2, 0.25) is 0 Å². The lowest BCUT2D eigenvalue weighted by atomic mass is 10.2. The van der Waals surface area contributed by atoms with Crippen molar-refractivity contribution >= 4 is 5.97 Å². The molecule has 0 aliphatic carbocycles. The van der Waals surface area contributed by atoms with Crippen LogP contribution in [0.5, 0.6) is 0 Å². The molecular formula is C13H15N3O2. The summed E-state index contributed by atoms with van der Waals surface area (Å²) in [5.74, 6) is 0.259. The van der Waals surface area contributed by atoms with Crippen molar-refractivity contribution in [1.29, 1.82) is 0 Å². The molecule has 1 aromatic carbocycles. The van der Waals surface area contributed by atoms with Gasteiger partial charge in [-0.05, 0) is 5.56 Å². The second kappa shape index (κ2) is 5.97. The lowest BCUT2D eigenvalue weighted by Crippen LogP contribution is -2.34. The summed E-state index contributed by atoms with van der Waals surface area (Å²) in [5.41, 5.74) is 6.68. The number of hydrogen-bond acceptors (Lipinski definition) is 4. The Balaban J connectivity index is 1.81. The number of nitrogens with zero attached hydrogens (tertiary/aromatic N) is 1. The van der Waals surface area contributed by atoms with Crippen LogP contribution in [-0.2, 0) is 22.6 Å².